The van der Waals surface area contributed by atoms with Crippen LogP contribution >= 0.6 is 15.9 Å². The second-order valence-corrected chi connectivity index (χ2v) is 3.40. The predicted molar refractivity (Wildman–Crippen MR) is 54.1 cm³/mol. The van der Waals surface area contributed by atoms with Gasteiger partial charge in [0.1, 0.15) is 0 Å². The first-order valence-electron chi connectivity index (χ1n) is 3.83. The van der Waals surface area contributed by atoms with Crippen molar-refractivity contribution in [3.05, 3.63) is 46.5 Å². The van der Waals surface area contributed by atoms with Crippen LogP contribution in [-0.4, -0.2) is 11.7 Å². The maximum Gasteiger partial charge on any atom is 0.0612 e. The molecule has 0 saturated carbocycles. The summed E-state index contributed by atoms with van der Waals surface area (Å²) >= 11 is 3.40. The van der Waals surface area contributed by atoms with Crippen LogP contribution in [0.25, 0.3) is 0 Å². The summed E-state index contributed by atoms with van der Waals surface area (Å²) in [6.07, 6.45) is 4.59. The molecule has 0 aromatic heterocycles. The highest BCUT2D eigenvalue weighted by atomic mass is 79.9. The van der Waals surface area contributed by atoms with Gasteiger partial charge in [-0.15, -0.1) is 0 Å². The van der Waals surface area contributed by atoms with Crippen LogP contribution in [0.3, 0.4) is 0 Å². The Hall–Kier alpha value is -0.600. The molecule has 1 rings (SSSR count). The minimum atomic E-state index is 0.119. The Morgan fingerprint density at radius 1 is 1.33 bits per heavy atom. The van der Waals surface area contributed by atoms with Crippen LogP contribution in [0.1, 0.15) is 5.56 Å². The van der Waals surface area contributed by atoms with Gasteiger partial charge >= 0.3 is 0 Å². The summed E-state index contributed by atoms with van der Waals surface area (Å²) in [5, 5.41) is 8.50. The number of aliphatic hydroxyl groups is 1. The summed E-state index contributed by atoms with van der Waals surface area (Å²) in [6.45, 7) is 0.119. The number of rotatable bonds is 3. The predicted octanol–water partition coefficient (Wildman–Crippen LogP) is 2.54. The standard InChI is InChI=1S/C10H11BrO/c11-10-6-3-5-9(8-10)4-1-2-7-12/h1-3,5-6,8,12H,4,7H2/b2-1+. The Balaban J connectivity index is 2.57. The second kappa shape index (κ2) is 5.12. The van der Waals surface area contributed by atoms with Crippen molar-refractivity contribution in [1.82, 2.24) is 0 Å². The van der Waals surface area contributed by atoms with Gasteiger partial charge in [-0.25, -0.2) is 0 Å². The quantitative estimate of drug-likeness (QED) is 0.786. The summed E-state index contributed by atoms with van der Waals surface area (Å²) in [6, 6.07) is 8.14. The lowest BCUT2D eigenvalue weighted by Crippen LogP contribution is -1.80. The molecule has 0 radical (unpaired) electrons. The number of allylic oxidation sites excluding steroid dienone is 1. The number of hydrogen-bond donors (Lipinski definition) is 1. The number of halogens is 1. The van der Waals surface area contributed by atoms with Crippen LogP contribution in [0.15, 0.2) is 40.9 Å². The summed E-state index contributed by atoms with van der Waals surface area (Å²) in [4.78, 5) is 0. The summed E-state index contributed by atoms with van der Waals surface area (Å²) in [5.74, 6) is 0. The van der Waals surface area contributed by atoms with Crippen molar-refractivity contribution in [2.75, 3.05) is 6.61 Å². The van der Waals surface area contributed by atoms with E-state index in [0.717, 1.165) is 10.9 Å². The normalized spacial score (nSPS) is 10.8. The molecule has 0 spiro atoms. The lowest BCUT2D eigenvalue weighted by molar-refractivity contribution is 0.342. The maximum atomic E-state index is 8.50. The molecule has 12 heavy (non-hydrogen) atoms. The topological polar surface area (TPSA) is 20.2 Å². The maximum absolute atomic E-state index is 8.50. The molecule has 0 unspecified atom stereocenters. The van der Waals surface area contributed by atoms with Gasteiger partial charge < -0.3 is 5.11 Å². The number of aliphatic hydroxyl groups excluding tert-OH is 1. The van der Waals surface area contributed by atoms with Crippen molar-refractivity contribution >= 4 is 15.9 Å². The molecule has 0 saturated heterocycles. The van der Waals surface area contributed by atoms with E-state index in [1.54, 1.807) is 6.08 Å². The minimum Gasteiger partial charge on any atom is -0.392 e. The van der Waals surface area contributed by atoms with E-state index in [1.807, 2.05) is 18.2 Å². The summed E-state index contributed by atoms with van der Waals surface area (Å²) in [7, 11) is 0. The third kappa shape index (κ3) is 3.20. The molecular formula is C10H11BrO. The first-order valence-corrected chi connectivity index (χ1v) is 4.62. The third-order valence-electron chi connectivity index (χ3n) is 1.51. The van der Waals surface area contributed by atoms with Gasteiger partial charge in [0, 0.05) is 4.47 Å². The number of hydrogen-bond acceptors (Lipinski definition) is 1. The molecule has 0 bridgehead atoms. The first kappa shape index (κ1) is 9.49. The molecule has 2 heteroatoms. The fourth-order valence-corrected chi connectivity index (χ4v) is 1.40. The van der Waals surface area contributed by atoms with E-state index in [2.05, 4.69) is 28.1 Å². The van der Waals surface area contributed by atoms with Crippen LogP contribution in [-0.2, 0) is 6.42 Å². The van der Waals surface area contributed by atoms with Gasteiger partial charge in [-0.3, -0.25) is 0 Å². The van der Waals surface area contributed by atoms with Gasteiger partial charge in [0.15, 0.2) is 0 Å². The van der Waals surface area contributed by atoms with E-state index in [0.29, 0.717) is 0 Å². The smallest absolute Gasteiger partial charge is 0.0612 e. The minimum absolute atomic E-state index is 0.119. The summed E-state index contributed by atoms with van der Waals surface area (Å²) in [5.41, 5.74) is 1.24. The van der Waals surface area contributed by atoms with Crippen LogP contribution in [0.2, 0.25) is 0 Å². The zero-order chi connectivity index (χ0) is 8.81. The molecular weight excluding hydrogens is 216 g/mol. The van der Waals surface area contributed by atoms with Gasteiger partial charge in [-0.1, -0.05) is 40.2 Å². The summed E-state index contributed by atoms with van der Waals surface area (Å²) < 4.78 is 1.09. The zero-order valence-electron chi connectivity index (χ0n) is 6.70. The second-order valence-electron chi connectivity index (χ2n) is 2.49. The average molecular weight is 227 g/mol. The van der Waals surface area contributed by atoms with Gasteiger partial charge in [0.2, 0.25) is 0 Å². The van der Waals surface area contributed by atoms with Crippen molar-refractivity contribution in [1.29, 1.82) is 0 Å². The Morgan fingerprint density at radius 3 is 2.83 bits per heavy atom. The van der Waals surface area contributed by atoms with Crippen LogP contribution in [0, 0.1) is 0 Å². The van der Waals surface area contributed by atoms with Crippen LogP contribution < -0.4 is 0 Å². The molecule has 0 aliphatic heterocycles. The molecule has 0 atom stereocenters. The average Bonchev–Trinajstić information content (AvgIpc) is 2.05. The van der Waals surface area contributed by atoms with Crippen molar-refractivity contribution in [3.8, 4) is 0 Å². The molecule has 0 aliphatic carbocycles. The molecule has 0 aliphatic rings. The molecule has 1 aromatic rings. The Morgan fingerprint density at radius 2 is 2.17 bits per heavy atom. The van der Waals surface area contributed by atoms with E-state index in [4.69, 9.17) is 5.11 Å². The lowest BCUT2D eigenvalue weighted by atomic mass is 10.1. The van der Waals surface area contributed by atoms with Crippen molar-refractivity contribution < 1.29 is 5.11 Å². The van der Waals surface area contributed by atoms with E-state index >= 15 is 0 Å². The van der Waals surface area contributed by atoms with E-state index in [9.17, 15) is 0 Å². The lowest BCUT2D eigenvalue weighted by Gasteiger charge is -1.96. The highest BCUT2D eigenvalue weighted by Crippen LogP contribution is 2.11. The molecule has 0 fully saturated rings. The van der Waals surface area contributed by atoms with Crippen LogP contribution in [0.5, 0.6) is 0 Å². The van der Waals surface area contributed by atoms with Gasteiger partial charge in [-0.2, -0.15) is 0 Å². The Labute approximate surface area is 80.9 Å². The zero-order valence-corrected chi connectivity index (χ0v) is 8.29. The largest absolute Gasteiger partial charge is 0.392 e. The Kier molecular flexibility index (Phi) is 4.05. The van der Waals surface area contributed by atoms with E-state index < -0.39 is 0 Å². The molecule has 1 N–H and O–H groups in total. The molecule has 0 heterocycles. The van der Waals surface area contributed by atoms with Crippen LogP contribution in [0.4, 0.5) is 0 Å². The molecule has 1 aromatic carbocycles. The van der Waals surface area contributed by atoms with E-state index in [-0.39, 0.29) is 6.61 Å². The van der Waals surface area contributed by atoms with Crippen molar-refractivity contribution in [2.45, 2.75) is 6.42 Å². The number of benzene rings is 1. The monoisotopic (exact) mass is 226 g/mol. The van der Waals surface area contributed by atoms with Gasteiger partial charge in [-0.05, 0) is 24.1 Å². The van der Waals surface area contributed by atoms with Gasteiger partial charge in [0.25, 0.3) is 0 Å². The first-order chi connectivity index (χ1) is 5.83. The highest BCUT2D eigenvalue weighted by molar-refractivity contribution is 9.10. The Bertz CT molecular complexity index is 268. The molecule has 1 nitrogen and oxygen atoms in total. The highest BCUT2D eigenvalue weighted by Gasteiger charge is 1.89. The van der Waals surface area contributed by atoms with Gasteiger partial charge in [0.05, 0.1) is 6.61 Å². The SMILES string of the molecule is OC/C=C/Cc1cccc(Br)c1. The fourth-order valence-electron chi connectivity index (χ4n) is 0.958. The molecule has 64 valence electrons. The third-order valence-corrected chi connectivity index (χ3v) is 2.01. The molecule has 0 amide bonds. The fraction of sp³-hybridized carbons (Fsp3) is 0.200. The van der Waals surface area contributed by atoms with Crippen molar-refractivity contribution in [2.24, 2.45) is 0 Å². The van der Waals surface area contributed by atoms with E-state index in [1.165, 1.54) is 5.56 Å². The van der Waals surface area contributed by atoms with Crippen molar-refractivity contribution in [3.63, 3.8) is 0 Å².